The number of aryl methyl sites for hydroxylation is 2. The Kier molecular flexibility index (Phi) is 4.15. The van der Waals surface area contributed by atoms with Gasteiger partial charge in [-0.3, -0.25) is 0 Å². The largest absolute Gasteiger partial charge is 0.444 e. The second-order valence-corrected chi connectivity index (χ2v) is 7.52. The van der Waals surface area contributed by atoms with Crippen LogP contribution in [0.3, 0.4) is 0 Å². The Hall–Kier alpha value is -1.52. The fourth-order valence-corrected chi connectivity index (χ4v) is 3.36. The second-order valence-electron chi connectivity index (χ2n) is 7.52. The molecule has 5 heteroatoms. The summed E-state index contributed by atoms with van der Waals surface area (Å²) in [5.41, 5.74) is 2.12. The number of ether oxygens (including phenoxy) is 1. The minimum atomic E-state index is -0.437. The van der Waals surface area contributed by atoms with E-state index in [2.05, 4.69) is 4.98 Å². The number of nitrogens with zero attached hydrogens (tertiary/aromatic N) is 2. The number of imidazole rings is 1. The number of aromatic nitrogens is 2. The quantitative estimate of drug-likeness (QED) is 0.865. The van der Waals surface area contributed by atoms with Crippen LogP contribution in [-0.2, 0) is 17.6 Å². The summed E-state index contributed by atoms with van der Waals surface area (Å²) >= 11 is 0. The molecule has 1 aromatic heterocycles. The molecule has 0 saturated carbocycles. The SMILES string of the molecule is CC(C)(C)OC(=O)N1CCC[C@@H](c2nc3c([nH]2)CCCC3)C1. The van der Waals surface area contributed by atoms with Gasteiger partial charge in [0, 0.05) is 24.7 Å². The van der Waals surface area contributed by atoms with Crippen LogP contribution >= 0.6 is 0 Å². The Bertz CT molecular complexity index is 521. The molecule has 1 fully saturated rings. The van der Waals surface area contributed by atoms with Gasteiger partial charge in [-0.15, -0.1) is 0 Å². The van der Waals surface area contributed by atoms with E-state index in [1.807, 2.05) is 25.7 Å². The normalized spacial score (nSPS) is 22.3. The number of nitrogens with one attached hydrogen (secondary N) is 1. The van der Waals surface area contributed by atoms with Crippen molar-refractivity contribution in [1.82, 2.24) is 14.9 Å². The molecule has 1 aliphatic heterocycles. The average molecular weight is 305 g/mol. The smallest absolute Gasteiger partial charge is 0.410 e. The minimum Gasteiger partial charge on any atom is -0.444 e. The highest BCUT2D eigenvalue weighted by Crippen LogP contribution is 2.28. The van der Waals surface area contributed by atoms with Gasteiger partial charge in [0.1, 0.15) is 11.4 Å². The molecule has 1 N–H and O–H groups in total. The molecule has 1 atom stereocenters. The molecule has 1 aliphatic carbocycles. The molecule has 0 aromatic carbocycles. The topological polar surface area (TPSA) is 58.2 Å². The molecule has 122 valence electrons. The average Bonchev–Trinajstić information content (AvgIpc) is 2.89. The van der Waals surface area contributed by atoms with E-state index < -0.39 is 5.60 Å². The van der Waals surface area contributed by atoms with E-state index in [1.54, 1.807) is 0 Å². The van der Waals surface area contributed by atoms with Gasteiger partial charge in [-0.25, -0.2) is 9.78 Å². The first-order chi connectivity index (χ1) is 10.4. The van der Waals surface area contributed by atoms with Gasteiger partial charge in [0.05, 0.1) is 5.69 Å². The second kappa shape index (κ2) is 5.94. The number of carbonyl (C=O) groups excluding carboxylic acids is 1. The first-order valence-electron chi connectivity index (χ1n) is 8.48. The minimum absolute atomic E-state index is 0.200. The van der Waals surface area contributed by atoms with Crippen LogP contribution in [0.4, 0.5) is 4.79 Å². The third-order valence-corrected chi connectivity index (χ3v) is 4.43. The highest BCUT2D eigenvalue weighted by molar-refractivity contribution is 5.68. The van der Waals surface area contributed by atoms with Crippen LogP contribution in [-0.4, -0.2) is 39.7 Å². The maximum Gasteiger partial charge on any atom is 0.410 e. The molecule has 1 aromatic rings. The van der Waals surface area contributed by atoms with Crippen molar-refractivity contribution in [2.24, 2.45) is 0 Å². The van der Waals surface area contributed by atoms with Crippen molar-refractivity contribution in [3.05, 3.63) is 17.2 Å². The van der Waals surface area contributed by atoms with Crippen molar-refractivity contribution in [2.75, 3.05) is 13.1 Å². The number of hydrogen-bond acceptors (Lipinski definition) is 3. The lowest BCUT2D eigenvalue weighted by Crippen LogP contribution is -2.42. The van der Waals surface area contributed by atoms with Gasteiger partial charge in [0.25, 0.3) is 0 Å². The van der Waals surface area contributed by atoms with E-state index in [9.17, 15) is 4.79 Å². The number of hydrogen-bond donors (Lipinski definition) is 1. The molecule has 1 amide bonds. The van der Waals surface area contributed by atoms with Gasteiger partial charge in [0.2, 0.25) is 0 Å². The number of piperidine rings is 1. The van der Waals surface area contributed by atoms with Crippen molar-refractivity contribution in [2.45, 2.75) is 70.8 Å². The summed E-state index contributed by atoms with van der Waals surface area (Å²) in [6.45, 7) is 7.22. The Morgan fingerprint density at radius 3 is 2.77 bits per heavy atom. The van der Waals surface area contributed by atoms with Gasteiger partial charge in [-0.05, 0) is 59.3 Å². The van der Waals surface area contributed by atoms with Gasteiger partial charge in [0.15, 0.2) is 0 Å². The van der Waals surface area contributed by atoms with Crippen LogP contribution < -0.4 is 0 Å². The van der Waals surface area contributed by atoms with E-state index in [0.717, 1.165) is 38.1 Å². The monoisotopic (exact) mass is 305 g/mol. The van der Waals surface area contributed by atoms with Crippen LogP contribution in [0.2, 0.25) is 0 Å². The Balaban J connectivity index is 1.68. The van der Waals surface area contributed by atoms with E-state index in [-0.39, 0.29) is 6.09 Å². The Morgan fingerprint density at radius 2 is 2.05 bits per heavy atom. The predicted octanol–water partition coefficient (Wildman–Crippen LogP) is 3.40. The fraction of sp³-hybridized carbons (Fsp3) is 0.765. The molecule has 5 nitrogen and oxygen atoms in total. The van der Waals surface area contributed by atoms with Crippen LogP contribution in [0.1, 0.15) is 69.6 Å². The molecule has 3 rings (SSSR count). The lowest BCUT2D eigenvalue weighted by Gasteiger charge is -2.33. The Morgan fingerprint density at radius 1 is 1.27 bits per heavy atom. The molecule has 0 unspecified atom stereocenters. The first kappa shape index (κ1) is 15.4. The summed E-state index contributed by atoms with van der Waals surface area (Å²) < 4.78 is 5.50. The van der Waals surface area contributed by atoms with Crippen molar-refractivity contribution in [3.63, 3.8) is 0 Å². The lowest BCUT2D eigenvalue weighted by molar-refractivity contribution is 0.0196. The number of fused-ring (bicyclic) bond motifs is 1. The maximum atomic E-state index is 12.3. The van der Waals surface area contributed by atoms with E-state index in [1.165, 1.54) is 24.2 Å². The van der Waals surface area contributed by atoms with E-state index in [4.69, 9.17) is 9.72 Å². The van der Waals surface area contributed by atoms with Crippen LogP contribution in [0, 0.1) is 0 Å². The summed E-state index contributed by atoms with van der Waals surface area (Å²) in [5, 5.41) is 0. The van der Waals surface area contributed by atoms with Crippen molar-refractivity contribution >= 4 is 6.09 Å². The van der Waals surface area contributed by atoms with Crippen LogP contribution in [0.5, 0.6) is 0 Å². The number of carbonyl (C=O) groups is 1. The number of amides is 1. The zero-order valence-corrected chi connectivity index (χ0v) is 13.9. The number of likely N-dealkylation sites (tertiary alicyclic amines) is 1. The zero-order valence-electron chi connectivity index (χ0n) is 13.9. The molecular weight excluding hydrogens is 278 g/mol. The van der Waals surface area contributed by atoms with Crippen LogP contribution in [0.25, 0.3) is 0 Å². The van der Waals surface area contributed by atoms with Gasteiger partial charge in [-0.2, -0.15) is 0 Å². The van der Waals surface area contributed by atoms with E-state index in [0.29, 0.717) is 12.5 Å². The maximum absolute atomic E-state index is 12.3. The highest BCUT2D eigenvalue weighted by Gasteiger charge is 2.30. The summed E-state index contributed by atoms with van der Waals surface area (Å²) in [5.74, 6) is 1.38. The summed E-state index contributed by atoms with van der Waals surface area (Å²) in [7, 11) is 0. The van der Waals surface area contributed by atoms with Crippen LogP contribution in [0.15, 0.2) is 0 Å². The van der Waals surface area contributed by atoms with Gasteiger partial charge >= 0.3 is 6.09 Å². The summed E-state index contributed by atoms with van der Waals surface area (Å²) in [6.07, 6.45) is 6.60. The lowest BCUT2D eigenvalue weighted by atomic mass is 9.98. The molecule has 2 aliphatic rings. The molecular formula is C17H27N3O2. The summed E-state index contributed by atoms with van der Waals surface area (Å²) in [4.78, 5) is 22.4. The van der Waals surface area contributed by atoms with E-state index >= 15 is 0 Å². The number of H-pyrrole nitrogens is 1. The molecule has 0 radical (unpaired) electrons. The molecule has 2 heterocycles. The standard InChI is InChI=1S/C17H27N3O2/c1-17(2,3)22-16(21)20-10-6-7-12(11-20)15-18-13-8-4-5-9-14(13)19-15/h12H,4-11H2,1-3H3,(H,18,19)/t12-/m1/s1. The molecule has 22 heavy (non-hydrogen) atoms. The summed E-state index contributed by atoms with van der Waals surface area (Å²) in [6, 6.07) is 0. The predicted molar refractivity (Wildman–Crippen MR) is 85.0 cm³/mol. The number of rotatable bonds is 1. The first-order valence-corrected chi connectivity index (χ1v) is 8.48. The van der Waals surface area contributed by atoms with Gasteiger partial charge < -0.3 is 14.6 Å². The zero-order chi connectivity index (χ0) is 15.7. The molecule has 0 bridgehead atoms. The molecule has 0 spiro atoms. The fourth-order valence-electron chi connectivity index (χ4n) is 3.36. The third-order valence-electron chi connectivity index (χ3n) is 4.43. The van der Waals surface area contributed by atoms with Crippen molar-refractivity contribution in [3.8, 4) is 0 Å². The number of aromatic amines is 1. The van der Waals surface area contributed by atoms with Crippen molar-refractivity contribution in [1.29, 1.82) is 0 Å². The molecule has 1 saturated heterocycles. The van der Waals surface area contributed by atoms with Crippen molar-refractivity contribution < 1.29 is 9.53 Å². The van der Waals surface area contributed by atoms with Gasteiger partial charge in [-0.1, -0.05) is 0 Å². The third kappa shape index (κ3) is 3.45. The Labute approximate surface area is 132 Å². The highest BCUT2D eigenvalue weighted by atomic mass is 16.6.